The van der Waals surface area contributed by atoms with Crippen LogP contribution < -0.4 is 5.32 Å². The van der Waals surface area contributed by atoms with Crippen molar-refractivity contribution < 1.29 is 4.79 Å². The second-order valence-corrected chi connectivity index (χ2v) is 6.36. The molecule has 0 spiro atoms. The first-order valence-electron chi connectivity index (χ1n) is 7.47. The number of halogens is 1. The topological polar surface area (TPSA) is 29.1 Å². The highest BCUT2D eigenvalue weighted by molar-refractivity contribution is 6.18. The highest BCUT2D eigenvalue weighted by Gasteiger charge is 2.26. The van der Waals surface area contributed by atoms with Gasteiger partial charge in [0.05, 0.1) is 0 Å². The van der Waals surface area contributed by atoms with Crippen molar-refractivity contribution in [1.82, 2.24) is 5.32 Å². The summed E-state index contributed by atoms with van der Waals surface area (Å²) in [5.74, 6) is 1.11. The van der Waals surface area contributed by atoms with Crippen LogP contribution in [0.4, 0.5) is 0 Å². The van der Waals surface area contributed by atoms with Crippen molar-refractivity contribution in [3.8, 4) is 0 Å². The molecule has 1 fully saturated rings. The zero-order chi connectivity index (χ0) is 14.7. The van der Waals surface area contributed by atoms with Gasteiger partial charge in [-0.05, 0) is 50.7 Å². The summed E-state index contributed by atoms with van der Waals surface area (Å²) in [6.07, 6.45) is 4.59. The lowest BCUT2D eigenvalue weighted by Crippen LogP contribution is -2.43. The van der Waals surface area contributed by atoms with E-state index in [1.165, 1.54) is 18.4 Å². The molecular formula is C17H24ClNO. The molecule has 1 amide bonds. The number of alkyl halides is 1. The molecule has 110 valence electrons. The summed E-state index contributed by atoms with van der Waals surface area (Å²) in [5, 5.41) is 3.21. The quantitative estimate of drug-likeness (QED) is 0.834. The average Bonchev–Trinajstić information content (AvgIpc) is 2.38. The van der Waals surface area contributed by atoms with Crippen molar-refractivity contribution in [2.75, 3.05) is 5.88 Å². The van der Waals surface area contributed by atoms with Crippen molar-refractivity contribution in [2.45, 2.75) is 52.5 Å². The van der Waals surface area contributed by atoms with Crippen LogP contribution in [0.25, 0.3) is 0 Å². The normalized spacial score (nSPS) is 22.6. The van der Waals surface area contributed by atoms with Gasteiger partial charge in [-0.2, -0.15) is 0 Å². The van der Waals surface area contributed by atoms with E-state index < -0.39 is 0 Å². The molecule has 1 aliphatic carbocycles. The molecule has 3 heteroatoms. The predicted octanol–water partition coefficient (Wildman–Crippen LogP) is 4.14. The van der Waals surface area contributed by atoms with Crippen LogP contribution in [0.15, 0.2) is 12.1 Å². The van der Waals surface area contributed by atoms with Crippen LogP contribution >= 0.6 is 11.6 Å². The number of benzene rings is 1. The van der Waals surface area contributed by atoms with E-state index in [1.54, 1.807) is 0 Å². The van der Waals surface area contributed by atoms with Gasteiger partial charge in [0.1, 0.15) is 0 Å². The summed E-state index contributed by atoms with van der Waals surface area (Å²) >= 11 is 6.04. The Hall–Kier alpha value is -1.02. The number of hydrogen-bond acceptors (Lipinski definition) is 1. The molecule has 0 radical (unpaired) electrons. The maximum Gasteiger partial charge on any atom is 0.252 e. The fourth-order valence-electron chi connectivity index (χ4n) is 3.36. The van der Waals surface area contributed by atoms with Crippen LogP contribution in [-0.4, -0.2) is 17.8 Å². The van der Waals surface area contributed by atoms with Crippen molar-refractivity contribution >= 4 is 17.5 Å². The molecule has 2 atom stereocenters. The van der Waals surface area contributed by atoms with E-state index in [2.05, 4.69) is 24.4 Å². The van der Waals surface area contributed by atoms with E-state index >= 15 is 0 Å². The van der Waals surface area contributed by atoms with Crippen LogP contribution in [0.5, 0.6) is 0 Å². The molecule has 20 heavy (non-hydrogen) atoms. The van der Waals surface area contributed by atoms with Gasteiger partial charge in [-0.3, -0.25) is 4.79 Å². The average molecular weight is 294 g/mol. The fraction of sp³-hybridized carbons (Fsp3) is 0.588. The van der Waals surface area contributed by atoms with Crippen molar-refractivity contribution in [1.29, 1.82) is 0 Å². The standard InChI is InChI=1S/C17H24ClNO/c1-11-8-12(2)16(13(3)9-11)17(20)19-15-7-5-4-6-14(15)10-18/h8-9,14-15H,4-7,10H2,1-3H3,(H,19,20). The van der Waals surface area contributed by atoms with Gasteiger partial charge >= 0.3 is 0 Å². The van der Waals surface area contributed by atoms with Crippen molar-refractivity contribution in [2.24, 2.45) is 5.92 Å². The highest BCUT2D eigenvalue weighted by atomic mass is 35.5. The largest absolute Gasteiger partial charge is 0.349 e. The minimum absolute atomic E-state index is 0.0574. The first-order chi connectivity index (χ1) is 9.52. The molecule has 1 aliphatic rings. The molecule has 0 saturated heterocycles. The molecule has 1 saturated carbocycles. The van der Waals surface area contributed by atoms with Crippen LogP contribution in [0.3, 0.4) is 0 Å². The summed E-state index contributed by atoms with van der Waals surface area (Å²) in [6.45, 7) is 6.08. The van der Waals surface area contributed by atoms with Gasteiger partial charge in [0.2, 0.25) is 0 Å². The Morgan fingerprint density at radius 1 is 1.20 bits per heavy atom. The van der Waals surface area contributed by atoms with E-state index in [0.29, 0.717) is 11.8 Å². The van der Waals surface area contributed by atoms with E-state index in [4.69, 9.17) is 11.6 Å². The summed E-state index contributed by atoms with van der Waals surface area (Å²) in [4.78, 5) is 12.6. The molecule has 0 aliphatic heterocycles. The third-order valence-electron chi connectivity index (χ3n) is 4.33. The molecule has 2 rings (SSSR count). The lowest BCUT2D eigenvalue weighted by molar-refractivity contribution is 0.0910. The zero-order valence-electron chi connectivity index (χ0n) is 12.6. The smallest absolute Gasteiger partial charge is 0.252 e. The number of carbonyl (C=O) groups excluding carboxylic acids is 1. The number of carbonyl (C=O) groups is 1. The number of hydrogen-bond donors (Lipinski definition) is 1. The van der Waals surface area contributed by atoms with Crippen LogP contribution in [0.1, 0.15) is 52.7 Å². The highest BCUT2D eigenvalue weighted by Crippen LogP contribution is 2.26. The van der Waals surface area contributed by atoms with Gasteiger partial charge in [-0.25, -0.2) is 0 Å². The van der Waals surface area contributed by atoms with Gasteiger partial charge in [0, 0.05) is 17.5 Å². The van der Waals surface area contributed by atoms with Crippen molar-refractivity contribution in [3.63, 3.8) is 0 Å². The number of amides is 1. The van der Waals surface area contributed by atoms with E-state index in [9.17, 15) is 4.79 Å². The van der Waals surface area contributed by atoms with E-state index in [1.807, 2.05) is 13.8 Å². The molecule has 1 aromatic carbocycles. The van der Waals surface area contributed by atoms with Crippen LogP contribution in [-0.2, 0) is 0 Å². The second-order valence-electron chi connectivity index (χ2n) is 6.05. The van der Waals surface area contributed by atoms with Gasteiger partial charge in [-0.15, -0.1) is 11.6 Å². The molecule has 1 aromatic rings. The van der Waals surface area contributed by atoms with Crippen LogP contribution in [0.2, 0.25) is 0 Å². The zero-order valence-corrected chi connectivity index (χ0v) is 13.4. The number of nitrogens with one attached hydrogen (secondary N) is 1. The predicted molar refractivity (Wildman–Crippen MR) is 84.6 cm³/mol. The van der Waals surface area contributed by atoms with Gasteiger partial charge in [0.25, 0.3) is 5.91 Å². The van der Waals surface area contributed by atoms with Gasteiger partial charge in [0.15, 0.2) is 0 Å². The first-order valence-corrected chi connectivity index (χ1v) is 8.01. The molecule has 2 unspecified atom stereocenters. The lowest BCUT2D eigenvalue weighted by Gasteiger charge is -2.31. The Morgan fingerprint density at radius 3 is 2.40 bits per heavy atom. The summed E-state index contributed by atoms with van der Waals surface area (Å²) in [7, 11) is 0. The third kappa shape index (κ3) is 3.35. The Labute approximate surface area is 126 Å². The first kappa shape index (κ1) is 15.4. The molecule has 1 N–H and O–H groups in total. The number of aryl methyl sites for hydroxylation is 3. The van der Waals surface area contributed by atoms with Gasteiger partial charge in [-0.1, -0.05) is 30.5 Å². The monoisotopic (exact) mass is 293 g/mol. The minimum Gasteiger partial charge on any atom is -0.349 e. The molecule has 2 nitrogen and oxygen atoms in total. The minimum atomic E-state index is 0.0574. The Balaban J connectivity index is 2.16. The summed E-state index contributed by atoms with van der Waals surface area (Å²) in [5.41, 5.74) is 4.14. The third-order valence-corrected chi connectivity index (χ3v) is 4.72. The molecule has 0 aromatic heterocycles. The Bertz CT molecular complexity index is 475. The van der Waals surface area contributed by atoms with Gasteiger partial charge < -0.3 is 5.32 Å². The van der Waals surface area contributed by atoms with E-state index in [0.717, 1.165) is 29.5 Å². The van der Waals surface area contributed by atoms with Crippen molar-refractivity contribution in [3.05, 3.63) is 34.4 Å². The number of rotatable bonds is 3. The maximum atomic E-state index is 12.6. The Kier molecular flexibility index (Phi) is 5.09. The molecule has 0 heterocycles. The van der Waals surface area contributed by atoms with E-state index in [-0.39, 0.29) is 11.9 Å². The fourth-order valence-corrected chi connectivity index (χ4v) is 3.73. The molecular weight excluding hydrogens is 270 g/mol. The summed E-state index contributed by atoms with van der Waals surface area (Å²) < 4.78 is 0. The molecule has 0 bridgehead atoms. The van der Waals surface area contributed by atoms with Crippen LogP contribution in [0, 0.1) is 26.7 Å². The Morgan fingerprint density at radius 2 is 1.80 bits per heavy atom. The summed E-state index contributed by atoms with van der Waals surface area (Å²) in [6, 6.07) is 4.37. The maximum absolute atomic E-state index is 12.6. The SMILES string of the molecule is Cc1cc(C)c(C(=O)NC2CCCCC2CCl)c(C)c1. The lowest BCUT2D eigenvalue weighted by atomic mass is 9.85. The second kappa shape index (κ2) is 6.62.